The first-order valence-corrected chi connectivity index (χ1v) is 10.1. The molecule has 0 radical (unpaired) electrons. The number of ether oxygens (including phenoxy) is 2. The fourth-order valence-electron chi connectivity index (χ4n) is 4.27. The molecule has 1 aliphatic heterocycles. The lowest BCUT2D eigenvalue weighted by Gasteiger charge is -2.41. The Morgan fingerprint density at radius 3 is 2.57 bits per heavy atom. The molecule has 7 heteroatoms. The van der Waals surface area contributed by atoms with Crippen LogP contribution >= 0.6 is 0 Å². The molecular weight excluding hydrogens is 380 g/mol. The van der Waals surface area contributed by atoms with E-state index in [0.717, 1.165) is 54.0 Å². The summed E-state index contributed by atoms with van der Waals surface area (Å²) in [4.78, 5) is 18.6. The number of hydrogen-bond donors (Lipinski definition) is 0. The predicted molar refractivity (Wildman–Crippen MR) is 113 cm³/mol. The standard InChI is InChI=1S/C23H26N4O3/c1-29-20-8-4-9-21(30-2)23(20)19-7-3-6-18(16-28)26(19)15-17-10-12-24-22(14-17)27-13-5-11-25-27/h4-5,8-14,16,18-19H,3,6-7,15H2,1-2H3. The molecule has 2 unspecified atom stereocenters. The summed E-state index contributed by atoms with van der Waals surface area (Å²) in [5.74, 6) is 2.31. The van der Waals surface area contributed by atoms with Gasteiger partial charge in [0.05, 0.1) is 25.8 Å². The van der Waals surface area contributed by atoms with E-state index >= 15 is 0 Å². The molecule has 1 saturated heterocycles. The fraction of sp³-hybridized carbons (Fsp3) is 0.348. The number of methoxy groups -OCH3 is 2. The Morgan fingerprint density at radius 2 is 1.90 bits per heavy atom. The van der Waals surface area contributed by atoms with Crippen molar-refractivity contribution in [2.45, 2.75) is 37.9 Å². The number of piperidine rings is 1. The second-order valence-corrected chi connectivity index (χ2v) is 7.37. The lowest BCUT2D eigenvalue weighted by atomic mass is 9.89. The summed E-state index contributed by atoms with van der Waals surface area (Å²) in [5, 5.41) is 4.26. The first kappa shape index (κ1) is 20.1. The third-order valence-corrected chi connectivity index (χ3v) is 5.67. The van der Waals surface area contributed by atoms with Crippen LogP contribution in [0.25, 0.3) is 5.82 Å². The smallest absolute Gasteiger partial charge is 0.153 e. The van der Waals surface area contributed by atoms with Crippen LogP contribution in [-0.2, 0) is 11.3 Å². The number of carbonyl (C=O) groups excluding carboxylic acids is 1. The highest BCUT2D eigenvalue weighted by molar-refractivity contribution is 5.59. The molecule has 1 aliphatic rings. The molecule has 0 saturated carbocycles. The average Bonchev–Trinajstić information content (AvgIpc) is 3.34. The summed E-state index contributed by atoms with van der Waals surface area (Å²) >= 11 is 0. The molecule has 2 aromatic heterocycles. The Labute approximate surface area is 176 Å². The van der Waals surface area contributed by atoms with E-state index in [1.54, 1.807) is 31.3 Å². The molecule has 1 fully saturated rings. The van der Waals surface area contributed by atoms with Gasteiger partial charge in [0.2, 0.25) is 0 Å². The molecule has 0 bridgehead atoms. The number of benzene rings is 1. The van der Waals surface area contributed by atoms with Crippen LogP contribution < -0.4 is 9.47 Å². The van der Waals surface area contributed by atoms with Gasteiger partial charge in [0.25, 0.3) is 0 Å². The number of aldehydes is 1. The molecule has 2 atom stereocenters. The zero-order valence-corrected chi connectivity index (χ0v) is 17.3. The summed E-state index contributed by atoms with van der Waals surface area (Å²) in [6.45, 7) is 0.617. The molecule has 3 aromatic rings. The SMILES string of the molecule is COc1cccc(OC)c1C1CCCC(C=O)N1Cc1ccnc(-n2cccn2)c1. The maximum Gasteiger partial charge on any atom is 0.153 e. The van der Waals surface area contributed by atoms with Gasteiger partial charge in [0.15, 0.2) is 5.82 Å². The zero-order chi connectivity index (χ0) is 20.9. The van der Waals surface area contributed by atoms with Crippen LogP contribution in [0.4, 0.5) is 0 Å². The van der Waals surface area contributed by atoms with Gasteiger partial charge in [0.1, 0.15) is 17.8 Å². The normalized spacial score (nSPS) is 19.4. The summed E-state index contributed by atoms with van der Waals surface area (Å²) in [7, 11) is 3.34. The van der Waals surface area contributed by atoms with Crippen LogP contribution in [0.15, 0.2) is 55.0 Å². The highest BCUT2D eigenvalue weighted by Crippen LogP contribution is 2.43. The number of pyridine rings is 1. The average molecular weight is 406 g/mol. The molecule has 0 amide bonds. The summed E-state index contributed by atoms with van der Waals surface area (Å²) < 4.78 is 13.1. The van der Waals surface area contributed by atoms with Crippen molar-refractivity contribution in [3.63, 3.8) is 0 Å². The highest BCUT2D eigenvalue weighted by atomic mass is 16.5. The van der Waals surface area contributed by atoms with E-state index in [4.69, 9.17) is 9.47 Å². The van der Waals surface area contributed by atoms with Crippen molar-refractivity contribution in [3.05, 3.63) is 66.1 Å². The number of likely N-dealkylation sites (tertiary alicyclic amines) is 1. The summed E-state index contributed by atoms with van der Waals surface area (Å²) in [6.07, 6.45) is 9.18. The zero-order valence-electron chi connectivity index (χ0n) is 17.3. The van der Waals surface area contributed by atoms with Gasteiger partial charge in [-0.15, -0.1) is 0 Å². The van der Waals surface area contributed by atoms with Gasteiger partial charge in [-0.05, 0) is 55.2 Å². The van der Waals surface area contributed by atoms with Crippen molar-refractivity contribution in [1.82, 2.24) is 19.7 Å². The van der Waals surface area contributed by atoms with E-state index in [-0.39, 0.29) is 12.1 Å². The minimum Gasteiger partial charge on any atom is -0.496 e. The van der Waals surface area contributed by atoms with Crippen molar-refractivity contribution in [1.29, 1.82) is 0 Å². The Kier molecular flexibility index (Phi) is 6.09. The van der Waals surface area contributed by atoms with Gasteiger partial charge in [-0.1, -0.05) is 6.07 Å². The Balaban J connectivity index is 1.71. The topological polar surface area (TPSA) is 69.5 Å². The Bertz CT molecular complexity index is 968. The first-order valence-electron chi connectivity index (χ1n) is 10.1. The van der Waals surface area contributed by atoms with Gasteiger partial charge in [0, 0.05) is 31.2 Å². The number of rotatable bonds is 7. The van der Waals surface area contributed by atoms with Crippen molar-refractivity contribution < 1.29 is 14.3 Å². The van der Waals surface area contributed by atoms with Crippen molar-refractivity contribution in [3.8, 4) is 17.3 Å². The lowest BCUT2D eigenvalue weighted by Crippen LogP contribution is -2.42. The maximum atomic E-state index is 12.0. The second kappa shape index (κ2) is 9.09. The Morgan fingerprint density at radius 1 is 1.10 bits per heavy atom. The quantitative estimate of drug-likeness (QED) is 0.559. The molecule has 7 nitrogen and oxygen atoms in total. The number of aromatic nitrogens is 3. The van der Waals surface area contributed by atoms with Gasteiger partial charge in [-0.25, -0.2) is 9.67 Å². The highest BCUT2D eigenvalue weighted by Gasteiger charge is 2.34. The van der Waals surface area contributed by atoms with E-state index in [9.17, 15) is 4.79 Å². The van der Waals surface area contributed by atoms with E-state index in [0.29, 0.717) is 6.54 Å². The molecule has 30 heavy (non-hydrogen) atoms. The number of carbonyl (C=O) groups is 1. The fourth-order valence-corrected chi connectivity index (χ4v) is 4.27. The molecule has 1 aromatic carbocycles. The van der Waals surface area contributed by atoms with Crippen molar-refractivity contribution in [2.75, 3.05) is 14.2 Å². The van der Waals surface area contributed by atoms with Crippen LogP contribution in [0.2, 0.25) is 0 Å². The van der Waals surface area contributed by atoms with Crippen molar-refractivity contribution >= 4 is 6.29 Å². The summed E-state index contributed by atoms with van der Waals surface area (Å²) in [5.41, 5.74) is 2.07. The molecule has 0 spiro atoms. The maximum absolute atomic E-state index is 12.0. The third-order valence-electron chi connectivity index (χ3n) is 5.67. The van der Waals surface area contributed by atoms with Crippen LogP contribution in [-0.4, -0.2) is 46.2 Å². The van der Waals surface area contributed by atoms with Gasteiger partial charge >= 0.3 is 0 Å². The number of nitrogens with zero attached hydrogens (tertiary/aromatic N) is 4. The van der Waals surface area contributed by atoms with Crippen molar-refractivity contribution in [2.24, 2.45) is 0 Å². The van der Waals surface area contributed by atoms with E-state index in [1.165, 1.54) is 0 Å². The molecule has 156 valence electrons. The van der Waals surface area contributed by atoms with Crippen LogP contribution in [0.1, 0.15) is 36.4 Å². The van der Waals surface area contributed by atoms with E-state index in [1.807, 2.05) is 42.6 Å². The third kappa shape index (κ3) is 3.93. The Hall–Kier alpha value is -3.19. The summed E-state index contributed by atoms with van der Waals surface area (Å²) in [6, 6.07) is 11.5. The number of hydrogen-bond acceptors (Lipinski definition) is 6. The van der Waals surface area contributed by atoms with Gasteiger partial charge in [-0.3, -0.25) is 4.90 Å². The molecule has 3 heterocycles. The molecule has 0 aliphatic carbocycles. The van der Waals surface area contributed by atoms with Gasteiger partial charge < -0.3 is 14.3 Å². The van der Waals surface area contributed by atoms with Crippen LogP contribution in [0.5, 0.6) is 11.5 Å². The van der Waals surface area contributed by atoms with Gasteiger partial charge in [-0.2, -0.15) is 5.10 Å². The first-order chi connectivity index (χ1) is 14.7. The van der Waals surface area contributed by atoms with Crippen LogP contribution in [0.3, 0.4) is 0 Å². The minimum absolute atomic E-state index is 0.0152. The van der Waals surface area contributed by atoms with Crippen LogP contribution in [0, 0.1) is 0 Å². The largest absolute Gasteiger partial charge is 0.496 e. The monoisotopic (exact) mass is 406 g/mol. The predicted octanol–water partition coefficient (Wildman–Crippen LogP) is 3.58. The second-order valence-electron chi connectivity index (χ2n) is 7.37. The minimum atomic E-state index is -0.167. The molecule has 4 rings (SSSR count). The molecular formula is C23H26N4O3. The van der Waals surface area contributed by atoms with E-state index < -0.39 is 0 Å². The molecule has 0 N–H and O–H groups in total. The van der Waals surface area contributed by atoms with E-state index in [2.05, 4.69) is 15.0 Å². The lowest BCUT2D eigenvalue weighted by molar-refractivity contribution is -0.115.